The van der Waals surface area contributed by atoms with Gasteiger partial charge in [-0.2, -0.15) is 0 Å². The summed E-state index contributed by atoms with van der Waals surface area (Å²) in [5.41, 5.74) is 1.39. The van der Waals surface area contributed by atoms with Crippen LogP contribution in [0.3, 0.4) is 0 Å². The zero-order valence-electron chi connectivity index (χ0n) is 8.43. The molecule has 0 aliphatic carbocycles. The second-order valence-corrected chi connectivity index (χ2v) is 3.26. The minimum absolute atomic E-state index is 0.377. The van der Waals surface area contributed by atoms with Gasteiger partial charge < -0.3 is 10.4 Å². The van der Waals surface area contributed by atoms with Gasteiger partial charge in [-0.25, -0.2) is 0 Å². The first kappa shape index (κ1) is 11.4. The predicted molar refractivity (Wildman–Crippen MR) is 55.8 cm³/mol. The van der Waals surface area contributed by atoms with Crippen molar-refractivity contribution < 1.29 is 14.7 Å². The molecule has 1 aromatic rings. The van der Waals surface area contributed by atoms with Crippen LogP contribution in [0, 0.1) is 0 Å². The molecule has 4 heteroatoms. The van der Waals surface area contributed by atoms with E-state index in [1.165, 1.54) is 0 Å². The standard InChI is InChI=1S/C11H13NO3/c1-8(11(14)15)12-6-9-4-2-3-5-10(9)7-13/h2-5,7-8,12H,6H2,1H3,(H,14,15). The number of carbonyl (C=O) groups excluding carboxylic acids is 1. The Labute approximate surface area is 87.9 Å². The molecule has 0 aliphatic rings. The lowest BCUT2D eigenvalue weighted by atomic mass is 10.1. The van der Waals surface area contributed by atoms with E-state index in [4.69, 9.17) is 5.11 Å². The summed E-state index contributed by atoms with van der Waals surface area (Å²) in [6.45, 7) is 1.94. The van der Waals surface area contributed by atoms with Crippen molar-refractivity contribution in [2.24, 2.45) is 0 Å². The fraction of sp³-hybridized carbons (Fsp3) is 0.273. The van der Waals surface area contributed by atoms with Crippen LogP contribution in [0.5, 0.6) is 0 Å². The van der Waals surface area contributed by atoms with Gasteiger partial charge in [0.25, 0.3) is 0 Å². The lowest BCUT2D eigenvalue weighted by Gasteiger charge is -2.10. The molecule has 0 aromatic heterocycles. The van der Waals surface area contributed by atoms with E-state index >= 15 is 0 Å². The molecule has 2 N–H and O–H groups in total. The van der Waals surface area contributed by atoms with Crippen molar-refractivity contribution in [2.75, 3.05) is 0 Å². The third-order valence-corrected chi connectivity index (χ3v) is 2.15. The number of carboxylic acid groups (broad SMARTS) is 1. The highest BCUT2D eigenvalue weighted by molar-refractivity contribution is 5.77. The Hall–Kier alpha value is -1.68. The molecular formula is C11H13NO3. The van der Waals surface area contributed by atoms with E-state index in [1.54, 1.807) is 25.1 Å². The SMILES string of the molecule is CC(NCc1ccccc1C=O)C(=O)O. The van der Waals surface area contributed by atoms with Crippen LogP contribution in [0.15, 0.2) is 24.3 Å². The van der Waals surface area contributed by atoms with E-state index in [-0.39, 0.29) is 0 Å². The van der Waals surface area contributed by atoms with Gasteiger partial charge in [0.1, 0.15) is 12.3 Å². The first-order valence-electron chi connectivity index (χ1n) is 4.64. The number of hydrogen-bond acceptors (Lipinski definition) is 3. The largest absolute Gasteiger partial charge is 0.480 e. The van der Waals surface area contributed by atoms with Crippen molar-refractivity contribution in [1.29, 1.82) is 0 Å². The molecule has 0 fully saturated rings. The van der Waals surface area contributed by atoms with E-state index in [0.29, 0.717) is 12.1 Å². The molecule has 1 rings (SSSR count). The number of aldehydes is 1. The van der Waals surface area contributed by atoms with Crippen molar-refractivity contribution in [1.82, 2.24) is 5.32 Å². The summed E-state index contributed by atoms with van der Waals surface area (Å²) >= 11 is 0. The minimum atomic E-state index is -0.904. The van der Waals surface area contributed by atoms with Gasteiger partial charge in [-0.1, -0.05) is 24.3 Å². The summed E-state index contributed by atoms with van der Waals surface area (Å²) in [4.78, 5) is 21.2. The average Bonchev–Trinajstić information content (AvgIpc) is 2.26. The molecular weight excluding hydrogens is 194 g/mol. The Morgan fingerprint density at radius 2 is 2.20 bits per heavy atom. The topological polar surface area (TPSA) is 66.4 Å². The zero-order valence-corrected chi connectivity index (χ0v) is 8.43. The maximum Gasteiger partial charge on any atom is 0.320 e. The molecule has 0 radical (unpaired) electrons. The Kier molecular flexibility index (Phi) is 4.00. The fourth-order valence-electron chi connectivity index (χ4n) is 1.16. The van der Waals surface area contributed by atoms with Crippen molar-refractivity contribution >= 4 is 12.3 Å². The number of benzene rings is 1. The lowest BCUT2D eigenvalue weighted by Crippen LogP contribution is -2.33. The first-order valence-corrected chi connectivity index (χ1v) is 4.64. The van der Waals surface area contributed by atoms with Crippen LogP contribution in [-0.4, -0.2) is 23.4 Å². The van der Waals surface area contributed by atoms with Crippen LogP contribution in [0.1, 0.15) is 22.8 Å². The molecule has 0 spiro atoms. The predicted octanol–water partition coefficient (Wildman–Crippen LogP) is 1.06. The van der Waals surface area contributed by atoms with Gasteiger partial charge in [0.2, 0.25) is 0 Å². The highest BCUT2D eigenvalue weighted by Crippen LogP contribution is 2.05. The quantitative estimate of drug-likeness (QED) is 0.708. The third kappa shape index (κ3) is 3.18. The van der Waals surface area contributed by atoms with Crippen LogP contribution < -0.4 is 5.32 Å². The molecule has 1 aromatic carbocycles. The number of carbonyl (C=O) groups is 2. The maximum atomic E-state index is 10.7. The molecule has 0 heterocycles. The van der Waals surface area contributed by atoms with Gasteiger partial charge in [0, 0.05) is 12.1 Å². The van der Waals surface area contributed by atoms with E-state index in [1.807, 2.05) is 6.07 Å². The van der Waals surface area contributed by atoms with Gasteiger partial charge in [0.05, 0.1) is 0 Å². The summed E-state index contributed by atoms with van der Waals surface area (Å²) in [5.74, 6) is -0.904. The number of hydrogen-bond donors (Lipinski definition) is 2. The molecule has 15 heavy (non-hydrogen) atoms. The second kappa shape index (κ2) is 5.26. The van der Waals surface area contributed by atoms with Crippen molar-refractivity contribution in [2.45, 2.75) is 19.5 Å². The summed E-state index contributed by atoms with van der Waals surface area (Å²) in [6.07, 6.45) is 0.766. The van der Waals surface area contributed by atoms with Gasteiger partial charge in [-0.05, 0) is 12.5 Å². The molecule has 0 saturated carbocycles. The van der Waals surface area contributed by atoms with Gasteiger partial charge >= 0.3 is 5.97 Å². The van der Waals surface area contributed by atoms with Crippen molar-refractivity contribution in [3.63, 3.8) is 0 Å². The van der Waals surface area contributed by atoms with Crippen molar-refractivity contribution in [3.8, 4) is 0 Å². The normalized spacial score (nSPS) is 12.1. The molecule has 0 bridgehead atoms. The molecule has 0 aliphatic heterocycles. The Morgan fingerprint density at radius 3 is 2.80 bits per heavy atom. The Balaban J connectivity index is 2.64. The zero-order chi connectivity index (χ0) is 11.3. The number of rotatable bonds is 5. The van der Waals surface area contributed by atoms with Crippen LogP contribution in [0.25, 0.3) is 0 Å². The monoisotopic (exact) mass is 207 g/mol. The molecule has 0 amide bonds. The molecule has 1 atom stereocenters. The van der Waals surface area contributed by atoms with E-state index in [2.05, 4.69) is 5.32 Å². The second-order valence-electron chi connectivity index (χ2n) is 3.26. The summed E-state index contributed by atoms with van der Waals surface area (Å²) in [5, 5.41) is 11.5. The third-order valence-electron chi connectivity index (χ3n) is 2.15. The van der Waals surface area contributed by atoms with E-state index in [9.17, 15) is 9.59 Å². The molecule has 0 saturated heterocycles. The Bertz CT molecular complexity index is 363. The van der Waals surface area contributed by atoms with Crippen LogP contribution in [0.4, 0.5) is 0 Å². The number of aliphatic carboxylic acids is 1. The van der Waals surface area contributed by atoms with Crippen molar-refractivity contribution in [3.05, 3.63) is 35.4 Å². The molecule has 4 nitrogen and oxygen atoms in total. The van der Waals surface area contributed by atoms with E-state index < -0.39 is 12.0 Å². The summed E-state index contributed by atoms with van der Waals surface area (Å²) < 4.78 is 0. The first-order chi connectivity index (χ1) is 7.15. The maximum absolute atomic E-state index is 10.7. The smallest absolute Gasteiger partial charge is 0.320 e. The molecule has 80 valence electrons. The van der Waals surface area contributed by atoms with Crippen LogP contribution >= 0.6 is 0 Å². The van der Waals surface area contributed by atoms with Gasteiger partial charge in [-0.3, -0.25) is 9.59 Å². The van der Waals surface area contributed by atoms with Crippen LogP contribution in [0.2, 0.25) is 0 Å². The molecule has 1 unspecified atom stereocenters. The Morgan fingerprint density at radius 1 is 1.53 bits per heavy atom. The lowest BCUT2D eigenvalue weighted by molar-refractivity contribution is -0.139. The van der Waals surface area contributed by atoms with Gasteiger partial charge in [0.15, 0.2) is 0 Å². The summed E-state index contributed by atoms with van der Waals surface area (Å²) in [6, 6.07) is 6.47. The minimum Gasteiger partial charge on any atom is -0.480 e. The average molecular weight is 207 g/mol. The van der Waals surface area contributed by atoms with E-state index in [0.717, 1.165) is 11.8 Å². The highest BCUT2D eigenvalue weighted by Gasteiger charge is 2.10. The van der Waals surface area contributed by atoms with Gasteiger partial charge in [-0.15, -0.1) is 0 Å². The fourth-order valence-corrected chi connectivity index (χ4v) is 1.16. The highest BCUT2D eigenvalue weighted by atomic mass is 16.4. The number of nitrogens with one attached hydrogen (secondary N) is 1. The number of carboxylic acids is 1. The summed E-state index contributed by atoms with van der Waals surface area (Å²) in [7, 11) is 0. The van der Waals surface area contributed by atoms with Crippen LogP contribution in [-0.2, 0) is 11.3 Å².